The van der Waals surface area contributed by atoms with Crippen molar-refractivity contribution < 1.29 is 22.7 Å². The van der Waals surface area contributed by atoms with Gasteiger partial charge in [-0.15, -0.1) is 0 Å². The van der Waals surface area contributed by atoms with Crippen LogP contribution in [0.3, 0.4) is 0 Å². The Balaban J connectivity index is 1.40. The van der Waals surface area contributed by atoms with Crippen LogP contribution in [-0.4, -0.2) is 58.6 Å². The van der Waals surface area contributed by atoms with Gasteiger partial charge in [0.1, 0.15) is 23.6 Å². The molecule has 1 aromatic heterocycles. The van der Waals surface area contributed by atoms with Crippen LogP contribution in [0.2, 0.25) is 0 Å². The van der Waals surface area contributed by atoms with Gasteiger partial charge in [-0.3, -0.25) is 0 Å². The molecule has 0 radical (unpaired) electrons. The molecule has 9 nitrogen and oxygen atoms in total. The molecule has 1 saturated heterocycles. The predicted molar refractivity (Wildman–Crippen MR) is 117 cm³/mol. The number of nitriles is 1. The molecule has 0 spiro atoms. The van der Waals surface area contributed by atoms with Crippen molar-refractivity contribution in [3.8, 4) is 11.9 Å². The summed E-state index contributed by atoms with van der Waals surface area (Å²) in [5.74, 6) is -0.0841. The fourth-order valence-corrected chi connectivity index (χ4v) is 5.69. The van der Waals surface area contributed by atoms with Crippen LogP contribution in [0.15, 0.2) is 35.4 Å². The van der Waals surface area contributed by atoms with Crippen molar-refractivity contribution in [1.82, 2.24) is 14.3 Å². The second-order valence-corrected chi connectivity index (χ2v) is 10.6. The third-order valence-corrected chi connectivity index (χ3v) is 8.12. The van der Waals surface area contributed by atoms with Crippen molar-refractivity contribution >= 4 is 16.0 Å². The van der Waals surface area contributed by atoms with E-state index in [0.29, 0.717) is 38.8 Å². The molecular weight excluding hydrogens is 449 g/mol. The Labute approximate surface area is 192 Å². The monoisotopic (exact) mass is 475 g/mol. The van der Waals surface area contributed by atoms with Crippen LogP contribution >= 0.6 is 0 Å². The van der Waals surface area contributed by atoms with E-state index in [0.717, 1.165) is 18.6 Å². The molecule has 1 aliphatic carbocycles. The van der Waals surface area contributed by atoms with Gasteiger partial charge in [-0.1, -0.05) is 0 Å². The van der Waals surface area contributed by atoms with Gasteiger partial charge in [-0.05, 0) is 63.3 Å². The number of anilines is 1. The van der Waals surface area contributed by atoms with Gasteiger partial charge >= 0.3 is 0 Å². The maximum Gasteiger partial charge on any atom is 0.243 e. The van der Waals surface area contributed by atoms with Crippen LogP contribution in [0.4, 0.5) is 10.3 Å². The summed E-state index contributed by atoms with van der Waals surface area (Å²) in [4.78, 5) is 8.59. The molecule has 2 aliphatic rings. The highest BCUT2D eigenvalue weighted by molar-refractivity contribution is 7.89. The highest BCUT2D eigenvalue weighted by Gasteiger charge is 2.39. The zero-order valence-corrected chi connectivity index (χ0v) is 19.1. The van der Waals surface area contributed by atoms with Gasteiger partial charge < -0.3 is 15.2 Å². The molecular formula is C22H26FN5O4S. The third kappa shape index (κ3) is 5.08. The lowest BCUT2D eigenvalue weighted by Gasteiger charge is -2.31. The summed E-state index contributed by atoms with van der Waals surface area (Å²) >= 11 is 0. The van der Waals surface area contributed by atoms with Gasteiger partial charge in [0, 0.05) is 19.1 Å². The Kier molecular flexibility index (Phi) is 6.52. The quantitative estimate of drug-likeness (QED) is 0.652. The molecule has 2 aromatic rings. The third-order valence-electron chi connectivity index (χ3n) is 6.21. The SMILES string of the molecule is C[C@]1(O)CCC[C@H]1Oc1nc(NC2CCN(S(=O)(=O)c3ccc(F)cc3)CC2)ncc1C#N. The Morgan fingerprint density at radius 3 is 2.58 bits per heavy atom. The summed E-state index contributed by atoms with van der Waals surface area (Å²) in [6, 6.07) is 6.74. The largest absolute Gasteiger partial charge is 0.470 e. The Morgan fingerprint density at radius 2 is 1.97 bits per heavy atom. The van der Waals surface area contributed by atoms with E-state index in [1.807, 2.05) is 6.07 Å². The second kappa shape index (κ2) is 9.21. The van der Waals surface area contributed by atoms with Crippen molar-refractivity contribution in [2.75, 3.05) is 18.4 Å². The molecule has 1 aliphatic heterocycles. The van der Waals surface area contributed by atoms with E-state index in [2.05, 4.69) is 15.3 Å². The molecule has 2 fully saturated rings. The minimum Gasteiger partial charge on any atom is -0.470 e. The first-order valence-electron chi connectivity index (χ1n) is 10.9. The van der Waals surface area contributed by atoms with E-state index >= 15 is 0 Å². The lowest BCUT2D eigenvalue weighted by Crippen LogP contribution is -2.42. The zero-order chi connectivity index (χ0) is 23.6. The minimum atomic E-state index is -3.69. The second-order valence-electron chi connectivity index (χ2n) is 8.66. The fourth-order valence-electron chi connectivity index (χ4n) is 4.22. The van der Waals surface area contributed by atoms with Gasteiger partial charge in [0.2, 0.25) is 21.9 Å². The first kappa shape index (κ1) is 23.4. The van der Waals surface area contributed by atoms with E-state index in [1.54, 1.807) is 6.92 Å². The summed E-state index contributed by atoms with van der Waals surface area (Å²) in [6.45, 7) is 2.30. The Bertz CT molecular complexity index is 1140. The van der Waals surface area contributed by atoms with Crippen molar-refractivity contribution in [2.45, 2.75) is 61.7 Å². The van der Waals surface area contributed by atoms with Crippen molar-refractivity contribution in [1.29, 1.82) is 5.26 Å². The van der Waals surface area contributed by atoms with E-state index < -0.39 is 27.5 Å². The Morgan fingerprint density at radius 1 is 1.27 bits per heavy atom. The van der Waals surface area contributed by atoms with Crippen molar-refractivity contribution in [2.24, 2.45) is 0 Å². The lowest BCUT2D eigenvalue weighted by molar-refractivity contribution is -0.0271. The van der Waals surface area contributed by atoms with Gasteiger partial charge in [-0.2, -0.15) is 14.6 Å². The maximum atomic E-state index is 13.1. The topological polar surface area (TPSA) is 128 Å². The van der Waals surface area contributed by atoms with Crippen LogP contribution in [0.1, 0.15) is 44.6 Å². The molecule has 2 atom stereocenters. The summed E-state index contributed by atoms with van der Waals surface area (Å²) in [5.41, 5.74) is -0.794. The molecule has 4 rings (SSSR count). The zero-order valence-electron chi connectivity index (χ0n) is 18.2. The molecule has 0 bridgehead atoms. The van der Waals surface area contributed by atoms with Crippen LogP contribution in [0.25, 0.3) is 0 Å². The van der Waals surface area contributed by atoms with Gasteiger partial charge in [0.25, 0.3) is 0 Å². The minimum absolute atomic E-state index is 0.0651. The molecule has 0 amide bonds. The normalized spacial score (nSPS) is 24.4. The van der Waals surface area contributed by atoms with Gasteiger partial charge in [0.15, 0.2) is 0 Å². The number of halogens is 1. The number of hydrogen-bond donors (Lipinski definition) is 2. The average molecular weight is 476 g/mol. The van der Waals surface area contributed by atoms with E-state index in [-0.39, 0.29) is 28.3 Å². The number of ether oxygens (including phenoxy) is 1. The van der Waals surface area contributed by atoms with Gasteiger partial charge in [-0.25, -0.2) is 17.8 Å². The number of nitrogens with one attached hydrogen (secondary N) is 1. The van der Waals surface area contributed by atoms with Crippen molar-refractivity contribution in [3.63, 3.8) is 0 Å². The number of piperidine rings is 1. The molecule has 2 heterocycles. The number of sulfonamides is 1. The van der Waals surface area contributed by atoms with Crippen molar-refractivity contribution in [3.05, 3.63) is 41.8 Å². The lowest BCUT2D eigenvalue weighted by atomic mass is 10.0. The van der Waals surface area contributed by atoms with Crippen LogP contribution in [-0.2, 0) is 10.0 Å². The summed E-state index contributed by atoms with van der Waals surface area (Å²) in [5, 5.41) is 23.0. The van der Waals surface area contributed by atoms with Crippen LogP contribution in [0, 0.1) is 17.1 Å². The standard InChI is InChI=1S/C22H26FN5O4S/c1-22(29)10-2-3-19(22)32-20-15(13-24)14-25-21(27-20)26-17-8-11-28(12-9-17)33(30,31)18-6-4-16(23)5-7-18/h4-7,14,17,19,29H,2-3,8-12H2,1H3,(H,25,26,27)/t19-,22+/m1/s1. The number of nitrogens with zero attached hydrogens (tertiary/aromatic N) is 4. The van der Waals surface area contributed by atoms with Gasteiger partial charge in [0.05, 0.1) is 16.7 Å². The number of benzene rings is 1. The molecule has 1 aromatic carbocycles. The maximum absolute atomic E-state index is 13.1. The predicted octanol–water partition coefficient (Wildman–Crippen LogP) is 2.43. The average Bonchev–Trinajstić information content (AvgIpc) is 3.12. The number of rotatable bonds is 6. The summed E-state index contributed by atoms with van der Waals surface area (Å²) in [7, 11) is -3.69. The molecule has 33 heavy (non-hydrogen) atoms. The highest BCUT2D eigenvalue weighted by atomic mass is 32.2. The summed E-state index contributed by atoms with van der Waals surface area (Å²) < 4.78 is 46.0. The molecule has 2 N–H and O–H groups in total. The highest BCUT2D eigenvalue weighted by Crippen LogP contribution is 2.33. The van der Waals surface area contributed by atoms with E-state index in [4.69, 9.17) is 4.74 Å². The number of aliphatic hydroxyl groups is 1. The smallest absolute Gasteiger partial charge is 0.243 e. The van der Waals surface area contributed by atoms with Crippen LogP contribution < -0.4 is 10.1 Å². The van der Waals surface area contributed by atoms with Crippen LogP contribution in [0.5, 0.6) is 5.88 Å². The number of aromatic nitrogens is 2. The Hall–Kier alpha value is -2.81. The molecule has 0 unspecified atom stereocenters. The first-order chi connectivity index (χ1) is 15.7. The number of hydrogen-bond acceptors (Lipinski definition) is 8. The van der Waals surface area contributed by atoms with E-state index in [9.17, 15) is 23.2 Å². The summed E-state index contributed by atoms with van der Waals surface area (Å²) in [6.07, 6.45) is 4.10. The molecule has 1 saturated carbocycles. The molecule has 176 valence electrons. The first-order valence-corrected chi connectivity index (χ1v) is 12.3. The fraction of sp³-hybridized carbons (Fsp3) is 0.500. The molecule has 11 heteroatoms. The van der Waals surface area contributed by atoms with E-state index in [1.165, 1.54) is 22.6 Å².